The molecule has 14 heteroatoms. The lowest BCUT2D eigenvalue weighted by atomic mass is 9.89. The van der Waals surface area contributed by atoms with Crippen LogP contribution in [-0.4, -0.2) is 75.4 Å². The van der Waals surface area contributed by atoms with E-state index >= 15 is 0 Å². The first-order valence-electron chi connectivity index (χ1n) is 23.7. The number of carbonyl (C=O) groups excluding carboxylic acids is 5. The Morgan fingerprint density at radius 2 is 1.36 bits per heavy atom. The molecule has 0 radical (unpaired) electrons. The molecule has 0 unspecified atom stereocenters. The van der Waals surface area contributed by atoms with Gasteiger partial charge in [-0.25, -0.2) is 4.98 Å². The quantitative estimate of drug-likeness (QED) is 0.0145. The number of Topliss-reactive ketones (excluding diaryl/α,β-unsaturated/α-hetero) is 2. The number of carbonyl (C=O) groups is 5. The molecule has 352 valence electrons. The van der Waals surface area contributed by atoms with Gasteiger partial charge in [-0.05, 0) is 61.3 Å². The Balaban J connectivity index is 1.34. The van der Waals surface area contributed by atoms with Crippen LogP contribution >= 0.6 is 0 Å². The molecule has 0 saturated heterocycles. The van der Waals surface area contributed by atoms with Gasteiger partial charge in [0, 0.05) is 80.1 Å². The number of aryl methyl sites for hydroxylation is 1. The minimum absolute atomic E-state index is 0.0134. The lowest BCUT2D eigenvalue weighted by molar-refractivity contribution is -0.135. The van der Waals surface area contributed by atoms with Gasteiger partial charge >= 0.3 is 0 Å². The highest BCUT2D eigenvalue weighted by atomic mass is 16.2. The maximum atomic E-state index is 14.6. The average molecular weight is 900 g/mol. The number of hydrogen-bond acceptors (Lipinski definition) is 7. The van der Waals surface area contributed by atoms with Crippen LogP contribution in [0.25, 0.3) is 10.9 Å². The van der Waals surface area contributed by atoms with Crippen molar-refractivity contribution in [1.29, 1.82) is 0 Å². The summed E-state index contributed by atoms with van der Waals surface area (Å²) in [6.07, 6.45) is 14.1. The third-order valence-electron chi connectivity index (χ3n) is 12.0. The van der Waals surface area contributed by atoms with E-state index in [-0.39, 0.29) is 68.5 Å². The Labute approximate surface area is 389 Å². The molecule has 5 aromatic rings. The number of rotatable bonds is 31. The third-order valence-corrected chi connectivity index (χ3v) is 12.0. The van der Waals surface area contributed by atoms with E-state index in [1.54, 1.807) is 6.20 Å². The largest absolute Gasteiger partial charge is 0.370 e. The van der Waals surface area contributed by atoms with Crippen molar-refractivity contribution in [1.82, 2.24) is 30.9 Å². The van der Waals surface area contributed by atoms with E-state index in [0.29, 0.717) is 31.5 Å². The zero-order valence-electron chi connectivity index (χ0n) is 38.4. The van der Waals surface area contributed by atoms with Gasteiger partial charge in [-0.2, -0.15) is 0 Å². The van der Waals surface area contributed by atoms with E-state index in [0.717, 1.165) is 66.1 Å². The second-order valence-electron chi connectivity index (χ2n) is 17.3. The van der Waals surface area contributed by atoms with Crippen molar-refractivity contribution in [3.05, 3.63) is 126 Å². The predicted octanol–water partition coefficient (Wildman–Crippen LogP) is 6.59. The predicted molar refractivity (Wildman–Crippen MR) is 260 cm³/mol. The first kappa shape index (κ1) is 50.4. The van der Waals surface area contributed by atoms with Crippen LogP contribution < -0.4 is 27.4 Å². The molecule has 5 rings (SSSR count). The second kappa shape index (κ2) is 27.7. The summed E-state index contributed by atoms with van der Waals surface area (Å²) in [7, 11) is 0. The normalized spacial score (nSPS) is 13.0. The van der Waals surface area contributed by atoms with Gasteiger partial charge in [-0.1, -0.05) is 118 Å². The number of ketones is 2. The van der Waals surface area contributed by atoms with Gasteiger partial charge in [0.25, 0.3) is 0 Å². The number of hydrogen-bond donors (Lipinski definition) is 7. The molecule has 0 bridgehead atoms. The first-order valence-corrected chi connectivity index (χ1v) is 23.7. The Morgan fingerprint density at radius 1 is 0.682 bits per heavy atom. The summed E-state index contributed by atoms with van der Waals surface area (Å²) < 4.78 is 0. The van der Waals surface area contributed by atoms with E-state index in [1.165, 1.54) is 12.7 Å². The molecule has 0 aliphatic carbocycles. The van der Waals surface area contributed by atoms with Crippen molar-refractivity contribution in [3.8, 4) is 0 Å². The lowest BCUT2D eigenvalue weighted by Gasteiger charge is -2.25. The number of nitrogens with two attached hydrogens (primary N) is 2. The molecule has 0 aliphatic rings. The van der Waals surface area contributed by atoms with Crippen molar-refractivity contribution in [3.63, 3.8) is 0 Å². The molecular weight excluding hydrogens is 831 g/mol. The number of benzene rings is 3. The van der Waals surface area contributed by atoms with Crippen molar-refractivity contribution in [2.45, 2.75) is 122 Å². The van der Waals surface area contributed by atoms with E-state index in [2.05, 4.69) is 42.8 Å². The fraction of sp³-hybridized carbons (Fsp3) is 0.442. The highest BCUT2D eigenvalue weighted by molar-refractivity contribution is 5.95. The molecule has 2 heterocycles. The lowest BCUT2D eigenvalue weighted by Crippen LogP contribution is -2.51. The van der Waals surface area contributed by atoms with Crippen LogP contribution in [0, 0.1) is 11.8 Å². The molecule has 2 aromatic heterocycles. The number of aromatic nitrogens is 3. The zero-order chi connectivity index (χ0) is 46.9. The standard InChI is InChI=1S/C52H69N9O5/c1-2-3-4-5-6-15-27-56-51(66)47(32-41-34-58-45-26-14-13-25-44(41)45)61-49(64)39(23-17-28-57-52(53)54)33-48(63)46(29-38-20-11-8-12-21-38)60-50(65)40(30-42-35-55-36-59-42)31-43(62)24-16-22-37-18-9-7-10-19-37/h7-14,18-21,25-26,34-36,39-40,46-47,58H,2-6,15-17,22-24,27-33H2,1H3,(H,55,59)(H,56,66)(H,60,65)(H,61,64)(H4,53,54,57)/t39-,40-,46-,47+/m1/s1. The number of aromatic amines is 2. The summed E-state index contributed by atoms with van der Waals surface area (Å²) in [5, 5.41) is 10.0. The summed E-state index contributed by atoms with van der Waals surface area (Å²) in [4.78, 5) is 85.4. The minimum Gasteiger partial charge on any atom is -0.370 e. The highest BCUT2D eigenvalue weighted by Gasteiger charge is 2.33. The van der Waals surface area contributed by atoms with Crippen molar-refractivity contribution in [2.24, 2.45) is 28.3 Å². The maximum Gasteiger partial charge on any atom is 0.242 e. The van der Waals surface area contributed by atoms with E-state index in [9.17, 15) is 24.0 Å². The molecule has 9 N–H and O–H groups in total. The molecule has 0 spiro atoms. The van der Waals surface area contributed by atoms with Crippen molar-refractivity contribution in [2.75, 3.05) is 13.1 Å². The van der Waals surface area contributed by atoms with Gasteiger partial charge in [-0.15, -0.1) is 0 Å². The SMILES string of the molecule is CCCCCCCCNC(=O)[C@H](Cc1c[nH]c2ccccc12)NC(=O)[C@H](CCCN=C(N)N)CC(=O)[C@@H](Cc1ccccc1)NC(=O)[C@@H](CC(=O)CCCc1ccccc1)Cc1cnc[nH]1. The number of H-pyrrole nitrogens is 2. The number of amides is 3. The number of nitrogens with zero attached hydrogens (tertiary/aromatic N) is 2. The molecule has 0 fully saturated rings. The molecule has 0 saturated carbocycles. The first-order chi connectivity index (χ1) is 32.1. The van der Waals surface area contributed by atoms with Crippen LogP contribution in [-0.2, 0) is 49.7 Å². The minimum atomic E-state index is -1.02. The number of imidazole rings is 1. The summed E-state index contributed by atoms with van der Waals surface area (Å²) >= 11 is 0. The summed E-state index contributed by atoms with van der Waals surface area (Å²) in [6.45, 7) is 2.89. The molecular formula is C52H69N9O5. The van der Waals surface area contributed by atoms with Gasteiger partial charge < -0.3 is 37.4 Å². The van der Waals surface area contributed by atoms with Crippen molar-refractivity contribution < 1.29 is 24.0 Å². The van der Waals surface area contributed by atoms with Gasteiger partial charge in [-0.3, -0.25) is 29.0 Å². The number of guanidine groups is 1. The molecule has 3 aromatic carbocycles. The van der Waals surface area contributed by atoms with Gasteiger partial charge in [0.05, 0.1) is 18.3 Å². The zero-order valence-corrected chi connectivity index (χ0v) is 38.4. The molecule has 14 nitrogen and oxygen atoms in total. The van der Waals surface area contributed by atoms with E-state index < -0.39 is 35.7 Å². The topological polar surface area (TPSA) is 230 Å². The van der Waals surface area contributed by atoms with Crippen LogP contribution in [0.5, 0.6) is 0 Å². The highest BCUT2D eigenvalue weighted by Crippen LogP contribution is 2.22. The van der Waals surface area contributed by atoms with Gasteiger partial charge in [0.15, 0.2) is 11.7 Å². The number of unbranched alkanes of at least 4 members (excludes halogenated alkanes) is 5. The Hall–Kier alpha value is -6.57. The molecule has 66 heavy (non-hydrogen) atoms. The summed E-state index contributed by atoms with van der Waals surface area (Å²) in [5.74, 6) is -3.36. The molecule has 3 amide bonds. The maximum absolute atomic E-state index is 14.6. The van der Waals surface area contributed by atoms with Crippen LogP contribution in [0.3, 0.4) is 0 Å². The Kier molecular flexibility index (Phi) is 21.2. The smallest absolute Gasteiger partial charge is 0.242 e. The summed E-state index contributed by atoms with van der Waals surface area (Å²) in [6, 6.07) is 25.1. The average Bonchev–Trinajstić information content (AvgIpc) is 3.99. The number of para-hydroxylation sites is 1. The van der Waals surface area contributed by atoms with Gasteiger partial charge in [0.1, 0.15) is 11.8 Å². The number of aliphatic imine (C=N–C) groups is 1. The summed E-state index contributed by atoms with van der Waals surface area (Å²) in [5.41, 5.74) is 15.7. The molecule has 0 aliphatic heterocycles. The fourth-order valence-corrected chi connectivity index (χ4v) is 8.33. The van der Waals surface area contributed by atoms with Crippen LogP contribution in [0.15, 0.2) is 109 Å². The van der Waals surface area contributed by atoms with Crippen LogP contribution in [0.1, 0.15) is 106 Å². The third kappa shape index (κ3) is 17.4. The molecule has 4 atom stereocenters. The van der Waals surface area contributed by atoms with Crippen LogP contribution in [0.4, 0.5) is 0 Å². The number of fused-ring (bicyclic) bond motifs is 1. The number of nitrogens with one attached hydrogen (secondary N) is 5. The Morgan fingerprint density at radius 3 is 2.09 bits per heavy atom. The van der Waals surface area contributed by atoms with Gasteiger partial charge in [0.2, 0.25) is 17.7 Å². The monoisotopic (exact) mass is 900 g/mol. The Bertz CT molecular complexity index is 2270. The van der Waals surface area contributed by atoms with Crippen LogP contribution in [0.2, 0.25) is 0 Å². The van der Waals surface area contributed by atoms with E-state index in [4.69, 9.17) is 11.5 Å². The van der Waals surface area contributed by atoms with E-state index in [1.807, 2.05) is 91.1 Å². The fourth-order valence-electron chi connectivity index (χ4n) is 8.33. The van der Waals surface area contributed by atoms with Crippen molar-refractivity contribution >= 4 is 46.2 Å². The second-order valence-corrected chi connectivity index (χ2v) is 17.3.